The number of ether oxygens (including phenoxy) is 1. The SMILES string of the molecule is CCOC(=O)C1=C(C)N=c2s/c(=C/c3ccc(Sc4nccc(C)n4)o3)c(=O)n2[C@@H]1c1ccc(F)cc1. The first-order valence-electron chi connectivity index (χ1n) is 11.4. The van der Waals surface area contributed by atoms with E-state index in [1.165, 1.54) is 39.8 Å². The molecule has 0 unspecified atom stereocenters. The van der Waals surface area contributed by atoms with Crippen LogP contribution < -0.4 is 14.9 Å². The maximum Gasteiger partial charge on any atom is 0.338 e. The number of fused-ring (bicyclic) bond motifs is 1. The number of aryl methyl sites for hydroxylation is 1. The number of nitrogens with zero attached hydrogens (tertiary/aromatic N) is 4. The van der Waals surface area contributed by atoms with Gasteiger partial charge in [0.15, 0.2) is 15.1 Å². The van der Waals surface area contributed by atoms with Gasteiger partial charge in [-0.05, 0) is 68.4 Å². The van der Waals surface area contributed by atoms with Crippen molar-refractivity contribution in [2.75, 3.05) is 6.61 Å². The van der Waals surface area contributed by atoms with Crippen LogP contribution in [0.3, 0.4) is 0 Å². The minimum absolute atomic E-state index is 0.169. The van der Waals surface area contributed by atoms with E-state index in [-0.39, 0.29) is 17.7 Å². The van der Waals surface area contributed by atoms with Gasteiger partial charge >= 0.3 is 5.97 Å². The molecule has 37 heavy (non-hydrogen) atoms. The van der Waals surface area contributed by atoms with Crippen molar-refractivity contribution in [1.29, 1.82) is 0 Å². The van der Waals surface area contributed by atoms with Gasteiger partial charge in [0.25, 0.3) is 5.56 Å². The Morgan fingerprint density at radius 1 is 1.22 bits per heavy atom. The topological polar surface area (TPSA) is 99.6 Å². The number of halogens is 1. The lowest BCUT2D eigenvalue weighted by Crippen LogP contribution is -2.39. The Hall–Kier alpha value is -3.83. The molecule has 0 saturated heterocycles. The molecule has 0 amide bonds. The lowest BCUT2D eigenvalue weighted by molar-refractivity contribution is -0.139. The van der Waals surface area contributed by atoms with Crippen molar-refractivity contribution in [3.63, 3.8) is 0 Å². The summed E-state index contributed by atoms with van der Waals surface area (Å²) in [5.41, 5.74) is 1.75. The molecule has 11 heteroatoms. The van der Waals surface area contributed by atoms with Crippen molar-refractivity contribution >= 4 is 35.1 Å². The Kier molecular flexibility index (Phi) is 6.90. The summed E-state index contributed by atoms with van der Waals surface area (Å²) >= 11 is 2.46. The highest BCUT2D eigenvalue weighted by Crippen LogP contribution is 2.31. The number of allylic oxidation sites excluding steroid dienone is 1. The number of furan rings is 1. The fourth-order valence-electron chi connectivity index (χ4n) is 3.91. The van der Waals surface area contributed by atoms with Crippen LogP contribution >= 0.6 is 23.1 Å². The molecule has 1 aliphatic rings. The molecule has 188 valence electrons. The van der Waals surface area contributed by atoms with E-state index in [9.17, 15) is 14.0 Å². The molecule has 0 radical (unpaired) electrons. The molecule has 1 aromatic carbocycles. The maximum absolute atomic E-state index is 13.7. The zero-order chi connectivity index (χ0) is 26.1. The summed E-state index contributed by atoms with van der Waals surface area (Å²) in [7, 11) is 0. The molecule has 3 aromatic heterocycles. The Morgan fingerprint density at radius 3 is 2.73 bits per heavy atom. The quantitative estimate of drug-likeness (QED) is 0.273. The van der Waals surface area contributed by atoms with E-state index in [0.717, 1.165) is 5.69 Å². The van der Waals surface area contributed by atoms with E-state index >= 15 is 0 Å². The predicted molar refractivity (Wildman–Crippen MR) is 136 cm³/mol. The second-order valence-corrected chi connectivity index (χ2v) is 10.1. The average molecular weight is 537 g/mol. The fraction of sp³-hybridized carbons (Fsp3) is 0.192. The van der Waals surface area contributed by atoms with Gasteiger partial charge in [0.1, 0.15) is 11.6 Å². The van der Waals surface area contributed by atoms with E-state index in [0.29, 0.717) is 36.6 Å². The largest absolute Gasteiger partial charge is 0.463 e. The van der Waals surface area contributed by atoms with Crippen LogP contribution in [0, 0.1) is 12.7 Å². The number of thiazole rings is 1. The van der Waals surface area contributed by atoms with Gasteiger partial charge in [-0.1, -0.05) is 23.5 Å². The summed E-state index contributed by atoms with van der Waals surface area (Å²) in [6.45, 7) is 5.45. The van der Waals surface area contributed by atoms with E-state index in [1.807, 2.05) is 13.0 Å². The van der Waals surface area contributed by atoms with Gasteiger partial charge in [0.05, 0.1) is 28.5 Å². The van der Waals surface area contributed by atoms with Crippen LogP contribution in [-0.4, -0.2) is 27.1 Å². The third-order valence-corrected chi connectivity index (χ3v) is 7.33. The predicted octanol–water partition coefficient (Wildman–Crippen LogP) is 3.78. The number of rotatable bonds is 6. The van der Waals surface area contributed by atoms with E-state index in [2.05, 4.69) is 15.0 Å². The Bertz CT molecular complexity index is 1700. The molecule has 5 rings (SSSR count). The van der Waals surface area contributed by atoms with Crippen molar-refractivity contribution in [1.82, 2.24) is 14.5 Å². The van der Waals surface area contributed by atoms with Gasteiger partial charge in [-0.25, -0.2) is 24.1 Å². The van der Waals surface area contributed by atoms with Crippen molar-refractivity contribution in [3.8, 4) is 0 Å². The summed E-state index contributed by atoms with van der Waals surface area (Å²) in [5.74, 6) is -0.518. The lowest BCUT2D eigenvalue weighted by Gasteiger charge is -2.24. The zero-order valence-electron chi connectivity index (χ0n) is 20.1. The van der Waals surface area contributed by atoms with Crippen molar-refractivity contribution < 1.29 is 18.3 Å². The van der Waals surface area contributed by atoms with Crippen LogP contribution in [0.15, 0.2) is 84.4 Å². The van der Waals surface area contributed by atoms with Crippen LogP contribution in [0.1, 0.15) is 36.9 Å². The molecule has 0 saturated carbocycles. The third-order valence-electron chi connectivity index (χ3n) is 5.54. The maximum atomic E-state index is 13.7. The Morgan fingerprint density at radius 2 is 2.00 bits per heavy atom. The molecular weight excluding hydrogens is 515 g/mol. The smallest absolute Gasteiger partial charge is 0.338 e. The second-order valence-electron chi connectivity index (χ2n) is 8.09. The molecule has 0 spiro atoms. The van der Waals surface area contributed by atoms with Gasteiger partial charge in [0.2, 0.25) is 0 Å². The number of hydrogen-bond donors (Lipinski definition) is 0. The normalized spacial score (nSPS) is 15.5. The first-order chi connectivity index (χ1) is 17.8. The number of carbonyl (C=O) groups excluding carboxylic acids is 1. The second kappa shape index (κ2) is 10.3. The zero-order valence-corrected chi connectivity index (χ0v) is 21.7. The summed E-state index contributed by atoms with van der Waals surface area (Å²) in [5, 5.41) is 1.13. The molecular formula is C26H21FN4O4S2. The summed E-state index contributed by atoms with van der Waals surface area (Å²) < 4.78 is 26.6. The molecule has 0 bridgehead atoms. The lowest BCUT2D eigenvalue weighted by atomic mass is 9.96. The molecule has 1 aliphatic heterocycles. The number of hydrogen-bond acceptors (Lipinski definition) is 9. The number of benzene rings is 1. The summed E-state index contributed by atoms with van der Waals surface area (Å²) in [6, 6.07) is 10.2. The summed E-state index contributed by atoms with van der Waals surface area (Å²) in [6.07, 6.45) is 3.31. The number of aromatic nitrogens is 3. The number of esters is 1. The van der Waals surface area contributed by atoms with Gasteiger partial charge in [-0.3, -0.25) is 9.36 Å². The number of carbonyl (C=O) groups is 1. The first-order valence-corrected chi connectivity index (χ1v) is 13.0. The minimum Gasteiger partial charge on any atom is -0.463 e. The molecule has 0 fully saturated rings. The standard InChI is InChI=1S/C26H21FN4O4S2/c1-4-34-24(33)21-15(3)30-26-31(22(21)16-5-7-17(27)8-6-16)23(32)19(36-26)13-18-9-10-20(35-18)37-25-28-12-11-14(2)29-25/h5-13,22H,4H2,1-3H3/b19-13+/t22-/m1/s1. The van der Waals surface area contributed by atoms with Crippen LogP contribution in [0.2, 0.25) is 0 Å². The highest BCUT2D eigenvalue weighted by atomic mass is 32.2. The van der Waals surface area contributed by atoms with Gasteiger partial charge in [-0.2, -0.15) is 0 Å². The molecule has 4 aromatic rings. The molecule has 0 aliphatic carbocycles. The average Bonchev–Trinajstić information content (AvgIpc) is 3.42. The highest BCUT2D eigenvalue weighted by molar-refractivity contribution is 7.99. The molecule has 4 heterocycles. The van der Waals surface area contributed by atoms with Crippen molar-refractivity contribution in [2.45, 2.75) is 37.1 Å². The van der Waals surface area contributed by atoms with E-state index in [4.69, 9.17) is 9.15 Å². The van der Waals surface area contributed by atoms with Crippen LogP contribution in [0.25, 0.3) is 6.08 Å². The summed E-state index contributed by atoms with van der Waals surface area (Å²) in [4.78, 5) is 40.0. The van der Waals surface area contributed by atoms with Gasteiger partial charge in [0, 0.05) is 18.0 Å². The highest BCUT2D eigenvalue weighted by Gasteiger charge is 2.33. The van der Waals surface area contributed by atoms with Crippen LogP contribution in [0.5, 0.6) is 0 Å². The third kappa shape index (κ3) is 5.05. The Labute approximate surface area is 218 Å². The monoisotopic (exact) mass is 536 g/mol. The minimum atomic E-state index is -0.806. The van der Waals surface area contributed by atoms with Gasteiger partial charge < -0.3 is 9.15 Å². The molecule has 8 nitrogen and oxygen atoms in total. The van der Waals surface area contributed by atoms with Crippen molar-refractivity contribution in [2.24, 2.45) is 4.99 Å². The van der Waals surface area contributed by atoms with E-state index in [1.54, 1.807) is 50.4 Å². The fourth-order valence-corrected chi connectivity index (χ4v) is 5.70. The Balaban J connectivity index is 1.57. The van der Waals surface area contributed by atoms with Crippen LogP contribution in [0.4, 0.5) is 4.39 Å². The van der Waals surface area contributed by atoms with Gasteiger partial charge in [-0.15, -0.1) is 0 Å². The molecule has 1 atom stereocenters. The van der Waals surface area contributed by atoms with E-state index < -0.39 is 17.8 Å². The van der Waals surface area contributed by atoms with Crippen LogP contribution in [-0.2, 0) is 9.53 Å². The molecule has 0 N–H and O–H groups in total. The first kappa shape index (κ1) is 24.8. The van der Waals surface area contributed by atoms with Crippen molar-refractivity contribution in [3.05, 3.63) is 102 Å².